The van der Waals surface area contributed by atoms with Gasteiger partial charge in [-0.1, -0.05) is 36.3 Å². The molecular weight excluding hydrogens is 370 g/mol. The molecule has 6 heteroatoms. The zero-order chi connectivity index (χ0) is 19.3. The van der Waals surface area contributed by atoms with Gasteiger partial charge in [-0.15, -0.1) is 0 Å². The molecule has 5 rings (SSSR count). The van der Waals surface area contributed by atoms with Crippen LogP contribution in [0.1, 0.15) is 60.7 Å². The lowest BCUT2D eigenvalue weighted by Gasteiger charge is -2.29. The van der Waals surface area contributed by atoms with Crippen LogP contribution in [0.15, 0.2) is 24.3 Å². The van der Waals surface area contributed by atoms with E-state index in [0.29, 0.717) is 12.1 Å². The smallest absolute Gasteiger partial charge is 0.236 e. The second kappa shape index (κ2) is 6.85. The van der Waals surface area contributed by atoms with Crippen LogP contribution in [0.3, 0.4) is 0 Å². The number of methoxy groups -OCH3 is 1. The highest BCUT2D eigenvalue weighted by atomic mass is 32.1. The number of thiazole rings is 1. The molecule has 2 atom stereocenters. The van der Waals surface area contributed by atoms with Gasteiger partial charge in [0.05, 0.1) is 18.2 Å². The zero-order valence-corrected chi connectivity index (χ0v) is 17.3. The van der Waals surface area contributed by atoms with E-state index in [1.807, 2.05) is 24.3 Å². The fourth-order valence-electron chi connectivity index (χ4n) is 5.37. The summed E-state index contributed by atoms with van der Waals surface area (Å²) in [4.78, 5) is 22.1. The molecule has 3 heterocycles. The van der Waals surface area contributed by atoms with Gasteiger partial charge >= 0.3 is 0 Å². The summed E-state index contributed by atoms with van der Waals surface area (Å²) in [6.07, 6.45) is 7.43. The topological polar surface area (TPSA) is 54.5 Å². The van der Waals surface area contributed by atoms with Gasteiger partial charge in [-0.05, 0) is 50.4 Å². The molecule has 5 nitrogen and oxygen atoms in total. The normalized spacial score (nSPS) is 25.5. The SMILES string of the molecule is COc1ccc(C2(C(=O)Nc3nc4c(s3)C3CCC(C4)N3C)CCCC2)cc1. The number of nitrogens with one attached hydrogen (secondary N) is 1. The van der Waals surface area contributed by atoms with Gasteiger partial charge in [-0.3, -0.25) is 9.69 Å². The Bertz CT molecular complexity index is 886. The third-order valence-electron chi connectivity index (χ3n) is 7.05. The van der Waals surface area contributed by atoms with Gasteiger partial charge in [-0.2, -0.15) is 0 Å². The fraction of sp³-hybridized carbons (Fsp3) is 0.545. The summed E-state index contributed by atoms with van der Waals surface area (Å²) >= 11 is 1.68. The molecule has 2 unspecified atom stereocenters. The maximum atomic E-state index is 13.4. The molecular formula is C22H27N3O2S. The number of hydrogen-bond acceptors (Lipinski definition) is 5. The summed E-state index contributed by atoms with van der Waals surface area (Å²) in [5.74, 6) is 0.920. The monoisotopic (exact) mass is 397 g/mol. The van der Waals surface area contributed by atoms with E-state index in [9.17, 15) is 4.79 Å². The Balaban J connectivity index is 1.41. The van der Waals surface area contributed by atoms with E-state index in [2.05, 4.69) is 17.3 Å². The molecule has 1 aliphatic carbocycles. The van der Waals surface area contributed by atoms with Crippen LogP contribution in [0.2, 0.25) is 0 Å². The first-order valence-corrected chi connectivity index (χ1v) is 11.1. The maximum absolute atomic E-state index is 13.4. The number of fused-ring (bicyclic) bond motifs is 4. The van der Waals surface area contributed by atoms with E-state index in [1.54, 1.807) is 18.4 Å². The van der Waals surface area contributed by atoms with Crippen LogP contribution in [0.25, 0.3) is 0 Å². The molecule has 3 aliphatic rings. The summed E-state index contributed by atoms with van der Waals surface area (Å²) < 4.78 is 5.29. The molecule has 2 aliphatic heterocycles. The highest BCUT2D eigenvalue weighted by Gasteiger charge is 2.44. The van der Waals surface area contributed by atoms with Gasteiger partial charge in [0.15, 0.2) is 5.13 Å². The van der Waals surface area contributed by atoms with Crippen molar-refractivity contribution in [2.45, 2.75) is 62.4 Å². The van der Waals surface area contributed by atoms with Crippen molar-refractivity contribution < 1.29 is 9.53 Å². The van der Waals surface area contributed by atoms with E-state index in [4.69, 9.17) is 9.72 Å². The minimum Gasteiger partial charge on any atom is -0.497 e. The van der Waals surface area contributed by atoms with Crippen LogP contribution < -0.4 is 10.1 Å². The largest absolute Gasteiger partial charge is 0.497 e. The minimum absolute atomic E-state index is 0.0970. The van der Waals surface area contributed by atoms with Crippen LogP contribution in [-0.4, -0.2) is 36.0 Å². The van der Waals surface area contributed by atoms with E-state index < -0.39 is 5.41 Å². The van der Waals surface area contributed by atoms with Crippen LogP contribution in [0.4, 0.5) is 5.13 Å². The molecule has 1 aromatic carbocycles. The predicted octanol–water partition coefficient (Wildman–Crippen LogP) is 4.29. The van der Waals surface area contributed by atoms with Gasteiger partial charge in [0.2, 0.25) is 5.91 Å². The highest BCUT2D eigenvalue weighted by molar-refractivity contribution is 7.16. The van der Waals surface area contributed by atoms with Crippen molar-refractivity contribution in [1.29, 1.82) is 0 Å². The van der Waals surface area contributed by atoms with Crippen molar-refractivity contribution in [3.05, 3.63) is 40.4 Å². The van der Waals surface area contributed by atoms with Gasteiger partial charge < -0.3 is 10.1 Å². The molecule has 148 valence electrons. The van der Waals surface area contributed by atoms with Crippen molar-refractivity contribution in [2.75, 3.05) is 19.5 Å². The Kier molecular flexibility index (Phi) is 4.43. The van der Waals surface area contributed by atoms with Crippen molar-refractivity contribution in [3.63, 3.8) is 0 Å². The number of carbonyl (C=O) groups is 1. The molecule has 2 fully saturated rings. The highest BCUT2D eigenvalue weighted by Crippen LogP contribution is 2.47. The summed E-state index contributed by atoms with van der Waals surface area (Å²) in [6, 6.07) is 9.10. The van der Waals surface area contributed by atoms with E-state index >= 15 is 0 Å². The molecule has 1 aromatic heterocycles. The molecule has 1 amide bonds. The Hall–Kier alpha value is -1.92. The Morgan fingerprint density at radius 2 is 2.00 bits per heavy atom. The third-order valence-corrected chi connectivity index (χ3v) is 8.17. The molecule has 28 heavy (non-hydrogen) atoms. The van der Waals surface area contributed by atoms with Gasteiger partial charge in [-0.25, -0.2) is 4.98 Å². The quantitative estimate of drug-likeness (QED) is 0.836. The van der Waals surface area contributed by atoms with Gasteiger partial charge in [0.1, 0.15) is 5.75 Å². The van der Waals surface area contributed by atoms with Crippen molar-refractivity contribution in [3.8, 4) is 5.75 Å². The number of hydrogen-bond donors (Lipinski definition) is 1. The van der Waals surface area contributed by atoms with Gasteiger partial charge in [0, 0.05) is 23.4 Å². The summed E-state index contributed by atoms with van der Waals surface area (Å²) in [7, 11) is 3.89. The molecule has 0 spiro atoms. The lowest BCUT2D eigenvalue weighted by Crippen LogP contribution is -2.38. The standard InChI is InChI=1S/C22H27N3O2S/c1-25-15-7-10-18(25)19-17(13-15)23-21(28-19)24-20(26)22(11-3-4-12-22)14-5-8-16(27-2)9-6-14/h5-6,8-9,15,18H,3-4,7,10-13H2,1-2H3,(H,23,24,26). The number of aromatic nitrogens is 1. The first-order valence-electron chi connectivity index (χ1n) is 10.3. The number of carbonyl (C=O) groups excluding carboxylic acids is 1. The maximum Gasteiger partial charge on any atom is 0.236 e. The Morgan fingerprint density at radius 3 is 2.71 bits per heavy atom. The lowest BCUT2D eigenvalue weighted by atomic mass is 9.78. The summed E-state index contributed by atoms with van der Waals surface area (Å²) in [5.41, 5.74) is 1.84. The van der Waals surface area contributed by atoms with Crippen LogP contribution in [0, 0.1) is 0 Å². The van der Waals surface area contributed by atoms with Crippen molar-refractivity contribution in [2.24, 2.45) is 0 Å². The molecule has 0 radical (unpaired) electrons. The lowest BCUT2D eigenvalue weighted by molar-refractivity contribution is -0.121. The molecule has 2 aromatic rings. The second-order valence-corrected chi connectivity index (χ2v) is 9.45. The van der Waals surface area contributed by atoms with Crippen molar-refractivity contribution in [1.82, 2.24) is 9.88 Å². The molecule has 1 saturated carbocycles. The Labute approximate surface area is 170 Å². The number of rotatable bonds is 4. The Morgan fingerprint density at radius 1 is 1.25 bits per heavy atom. The number of benzene rings is 1. The minimum atomic E-state index is -0.450. The third kappa shape index (κ3) is 2.77. The predicted molar refractivity (Wildman–Crippen MR) is 111 cm³/mol. The molecule has 2 bridgehead atoms. The van der Waals surface area contributed by atoms with E-state index in [1.165, 1.54) is 23.4 Å². The van der Waals surface area contributed by atoms with Crippen LogP contribution in [-0.2, 0) is 16.6 Å². The van der Waals surface area contributed by atoms with Crippen LogP contribution >= 0.6 is 11.3 Å². The first kappa shape index (κ1) is 18.1. The van der Waals surface area contributed by atoms with Gasteiger partial charge in [0.25, 0.3) is 0 Å². The average molecular weight is 398 g/mol. The van der Waals surface area contributed by atoms with E-state index in [-0.39, 0.29) is 5.91 Å². The molecule has 1 saturated heterocycles. The fourth-order valence-corrected chi connectivity index (χ4v) is 6.55. The number of likely N-dealkylation sites (N-methyl/N-ethyl adjacent to an activating group) is 1. The first-order chi connectivity index (χ1) is 13.6. The zero-order valence-electron chi connectivity index (χ0n) is 16.5. The van der Waals surface area contributed by atoms with E-state index in [0.717, 1.165) is 48.5 Å². The summed E-state index contributed by atoms with van der Waals surface area (Å²) in [5, 5.41) is 3.98. The molecule has 1 N–H and O–H groups in total. The summed E-state index contributed by atoms with van der Waals surface area (Å²) in [6.45, 7) is 0. The van der Waals surface area contributed by atoms with Crippen LogP contribution in [0.5, 0.6) is 5.75 Å². The van der Waals surface area contributed by atoms with Crippen molar-refractivity contribution >= 4 is 22.4 Å². The second-order valence-electron chi connectivity index (χ2n) is 8.42. The number of amides is 1. The average Bonchev–Trinajstić information content (AvgIpc) is 3.41. The number of nitrogens with zero attached hydrogens (tertiary/aromatic N) is 2. The number of ether oxygens (including phenoxy) is 1. The number of anilines is 1.